The minimum atomic E-state index is 0.326. The van der Waals surface area contributed by atoms with Gasteiger partial charge in [-0.05, 0) is 25.3 Å². The molecule has 16 heavy (non-hydrogen) atoms. The van der Waals surface area contributed by atoms with Gasteiger partial charge in [0.25, 0.3) is 0 Å². The lowest BCUT2D eigenvalue weighted by molar-refractivity contribution is 0.123. The Balaban J connectivity index is 1.99. The number of furan rings is 1. The average Bonchev–Trinajstić information content (AvgIpc) is 2.75. The first-order valence-corrected chi connectivity index (χ1v) is 6.03. The fourth-order valence-corrected chi connectivity index (χ4v) is 1.41. The van der Waals surface area contributed by atoms with E-state index in [-0.39, 0.29) is 0 Å². The molecule has 0 aliphatic rings. The molecule has 0 aromatic carbocycles. The Hall–Kier alpha value is -0.800. The Morgan fingerprint density at radius 2 is 2.12 bits per heavy atom. The second kappa shape index (κ2) is 7.47. The first kappa shape index (κ1) is 13.3. The summed E-state index contributed by atoms with van der Waals surface area (Å²) >= 11 is 0. The van der Waals surface area contributed by atoms with Gasteiger partial charge in [-0.3, -0.25) is 0 Å². The number of ether oxygens (including phenoxy) is 1. The molecule has 1 atom stereocenters. The fraction of sp³-hybridized carbons (Fsp3) is 0.692. The molecule has 0 fully saturated rings. The summed E-state index contributed by atoms with van der Waals surface area (Å²) in [5.41, 5.74) is 1.18. The van der Waals surface area contributed by atoms with E-state index in [2.05, 4.69) is 26.1 Å². The number of hydrogen-bond donors (Lipinski definition) is 1. The maximum atomic E-state index is 5.53. The van der Waals surface area contributed by atoms with Gasteiger partial charge in [0.1, 0.15) is 0 Å². The molecule has 1 aromatic rings. The summed E-state index contributed by atoms with van der Waals surface area (Å²) in [5.74, 6) is 0.720. The van der Waals surface area contributed by atoms with Gasteiger partial charge >= 0.3 is 0 Å². The monoisotopic (exact) mass is 225 g/mol. The highest BCUT2D eigenvalue weighted by Gasteiger charge is 2.04. The summed E-state index contributed by atoms with van der Waals surface area (Å²) in [6.07, 6.45) is 4.61. The van der Waals surface area contributed by atoms with E-state index in [1.54, 1.807) is 12.5 Å². The van der Waals surface area contributed by atoms with Crippen LogP contribution in [0.25, 0.3) is 0 Å². The molecule has 0 saturated heterocycles. The zero-order chi connectivity index (χ0) is 11.8. The molecule has 1 aromatic heterocycles. The Morgan fingerprint density at radius 3 is 2.75 bits per heavy atom. The number of rotatable bonds is 8. The van der Waals surface area contributed by atoms with Crippen LogP contribution in [0, 0.1) is 5.92 Å². The first-order chi connectivity index (χ1) is 7.70. The summed E-state index contributed by atoms with van der Waals surface area (Å²) < 4.78 is 10.6. The van der Waals surface area contributed by atoms with Crippen molar-refractivity contribution < 1.29 is 9.15 Å². The van der Waals surface area contributed by atoms with Crippen molar-refractivity contribution in [1.82, 2.24) is 5.32 Å². The van der Waals surface area contributed by atoms with Gasteiger partial charge < -0.3 is 14.5 Å². The first-order valence-electron chi connectivity index (χ1n) is 6.03. The van der Waals surface area contributed by atoms with Gasteiger partial charge in [0.05, 0.1) is 19.1 Å². The highest BCUT2D eigenvalue weighted by Crippen LogP contribution is 2.11. The quantitative estimate of drug-likeness (QED) is 0.691. The van der Waals surface area contributed by atoms with Crippen LogP contribution in [0.4, 0.5) is 0 Å². The van der Waals surface area contributed by atoms with E-state index >= 15 is 0 Å². The van der Waals surface area contributed by atoms with Crippen LogP contribution in [0.1, 0.15) is 38.8 Å². The van der Waals surface area contributed by atoms with Gasteiger partial charge in [-0.1, -0.05) is 13.8 Å². The van der Waals surface area contributed by atoms with Crippen molar-refractivity contribution >= 4 is 0 Å². The van der Waals surface area contributed by atoms with E-state index in [1.165, 1.54) is 5.56 Å². The third-order valence-electron chi connectivity index (χ3n) is 2.58. The smallest absolute Gasteiger partial charge is 0.0950 e. The molecule has 0 bridgehead atoms. The third kappa shape index (κ3) is 5.33. The van der Waals surface area contributed by atoms with Crippen LogP contribution in [0.15, 0.2) is 23.0 Å². The predicted octanol–water partition coefficient (Wildman–Crippen LogP) is 2.99. The maximum absolute atomic E-state index is 5.53. The second-order valence-electron chi connectivity index (χ2n) is 4.53. The lowest BCUT2D eigenvalue weighted by atomic mass is 10.1. The molecule has 1 heterocycles. The Morgan fingerprint density at radius 1 is 1.31 bits per heavy atom. The van der Waals surface area contributed by atoms with Crippen molar-refractivity contribution in [3.05, 3.63) is 24.2 Å². The lowest BCUT2D eigenvalue weighted by Gasteiger charge is -2.12. The van der Waals surface area contributed by atoms with E-state index < -0.39 is 0 Å². The lowest BCUT2D eigenvalue weighted by Crippen LogP contribution is -2.23. The molecule has 0 saturated carbocycles. The largest absolute Gasteiger partial charge is 0.472 e. The highest BCUT2D eigenvalue weighted by molar-refractivity contribution is 5.09. The summed E-state index contributed by atoms with van der Waals surface area (Å²) in [6.45, 7) is 9.06. The minimum absolute atomic E-state index is 0.326. The summed E-state index contributed by atoms with van der Waals surface area (Å²) in [4.78, 5) is 0. The molecule has 0 spiro atoms. The molecule has 1 unspecified atom stereocenters. The molecule has 3 nitrogen and oxygen atoms in total. The van der Waals surface area contributed by atoms with Crippen LogP contribution >= 0.6 is 0 Å². The van der Waals surface area contributed by atoms with Crippen LogP contribution in [-0.2, 0) is 4.74 Å². The zero-order valence-corrected chi connectivity index (χ0v) is 10.5. The van der Waals surface area contributed by atoms with Crippen LogP contribution in [0.2, 0.25) is 0 Å². The van der Waals surface area contributed by atoms with Gasteiger partial charge in [0.15, 0.2) is 0 Å². The summed E-state index contributed by atoms with van der Waals surface area (Å²) in [6, 6.07) is 2.31. The fourth-order valence-electron chi connectivity index (χ4n) is 1.41. The molecule has 1 rings (SSSR count). The van der Waals surface area contributed by atoms with Crippen LogP contribution < -0.4 is 5.32 Å². The normalized spacial score (nSPS) is 13.2. The standard InChI is InChI=1S/C13H23NO2/c1-11(2)4-7-15-9-6-14-12(3)13-5-8-16-10-13/h5,8,10-12,14H,4,6-7,9H2,1-3H3. The van der Waals surface area contributed by atoms with Gasteiger partial charge in [0.2, 0.25) is 0 Å². The van der Waals surface area contributed by atoms with Gasteiger partial charge in [0, 0.05) is 24.8 Å². The van der Waals surface area contributed by atoms with Crippen LogP contribution in [-0.4, -0.2) is 19.8 Å². The van der Waals surface area contributed by atoms with E-state index in [9.17, 15) is 0 Å². The molecule has 0 aliphatic carbocycles. The van der Waals surface area contributed by atoms with Crippen molar-refractivity contribution in [3.8, 4) is 0 Å². The molecular weight excluding hydrogens is 202 g/mol. The van der Waals surface area contributed by atoms with Crippen LogP contribution in [0.5, 0.6) is 0 Å². The van der Waals surface area contributed by atoms with E-state index in [0.29, 0.717) is 6.04 Å². The zero-order valence-electron chi connectivity index (χ0n) is 10.5. The van der Waals surface area contributed by atoms with Gasteiger partial charge in [-0.2, -0.15) is 0 Å². The van der Waals surface area contributed by atoms with Crippen molar-refractivity contribution in [2.75, 3.05) is 19.8 Å². The molecule has 0 amide bonds. The molecule has 1 N–H and O–H groups in total. The van der Waals surface area contributed by atoms with E-state index in [4.69, 9.17) is 9.15 Å². The Bertz CT molecular complexity index is 257. The average molecular weight is 225 g/mol. The maximum Gasteiger partial charge on any atom is 0.0950 e. The minimum Gasteiger partial charge on any atom is -0.472 e. The molecule has 0 aliphatic heterocycles. The van der Waals surface area contributed by atoms with Crippen molar-refractivity contribution in [1.29, 1.82) is 0 Å². The third-order valence-corrected chi connectivity index (χ3v) is 2.58. The molecule has 92 valence electrons. The topological polar surface area (TPSA) is 34.4 Å². The van der Waals surface area contributed by atoms with Gasteiger partial charge in [-0.25, -0.2) is 0 Å². The SMILES string of the molecule is CC(C)CCOCCNC(C)c1ccoc1. The summed E-state index contributed by atoms with van der Waals surface area (Å²) in [5, 5.41) is 3.39. The molecule has 3 heteroatoms. The molecule has 0 radical (unpaired) electrons. The van der Waals surface area contributed by atoms with Crippen molar-refractivity contribution in [2.45, 2.75) is 33.2 Å². The van der Waals surface area contributed by atoms with E-state index in [1.807, 2.05) is 6.07 Å². The Kier molecular flexibility index (Phi) is 6.19. The number of nitrogens with one attached hydrogen (secondary N) is 1. The van der Waals surface area contributed by atoms with Crippen LogP contribution in [0.3, 0.4) is 0 Å². The van der Waals surface area contributed by atoms with E-state index in [0.717, 1.165) is 32.1 Å². The van der Waals surface area contributed by atoms with Crippen molar-refractivity contribution in [3.63, 3.8) is 0 Å². The Labute approximate surface area is 98.2 Å². The molecular formula is C13H23NO2. The second-order valence-corrected chi connectivity index (χ2v) is 4.53. The predicted molar refractivity (Wildman–Crippen MR) is 65.4 cm³/mol. The van der Waals surface area contributed by atoms with Crippen molar-refractivity contribution in [2.24, 2.45) is 5.92 Å². The number of hydrogen-bond acceptors (Lipinski definition) is 3. The summed E-state index contributed by atoms with van der Waals surface area (Å²) in [7, 11) is 0. The van der Waals surface area contributed by atoms with Gasteiger partial charge in [-0.15, -0.1) is 0 Å². The highest BCUT2D eigenvalue weighted by atomic mass is 16.5.